The number of nitrogens with zero attached hydrogens (tertiary/aromatic N) is 1. The molecule has 0 saturated carbocycles. The van der Waals surface area contributed by atoms with Crippen molar-refractivity contribution in [3.8, 4) is 5.75 Å². The molecule has 1 aliphatic heterocycles. The van der Waals surface area contributed by atoms with E-state index >= 15 is 0 Å². The second kappa shape index (κ2) is 13.0. The molecule has 1 amide bonds. The van der Waals surface area contributed by atoms with Gasteiger partial charge in [0.15, 0.2) is 15.8 Å². The number of benzene rings is 1. The van der Waals surface area contributed by atoms with Gasteiger partial charge in [0.2, 0.25) is 5.91 Å². The largest absolute Gasteiger partial charge is 0.489 e. The van der Waals surface area contributed by atoms with Crippen LogP contribution >= 0.6 is 24.0 Å². The minimum absolute atomic E-state index is 0. The van der Waals surface area contributed by atoms with Crippen molar-refractivity contribution in [3.63, 3.8) is 0 Å². The Bertz CT molecular complexity index is 817. The van der Waals surface area contributed by atoms with Crippen molar-refractivity contribution in [2.45, 2.75) is 45.8 Å². The molecule has 8 nitrogen and oxygen atoms in total. The fraction of sp³-hybridized carbons (Fsp3) is 0.600. The van der Waals surface area contributed by atoms with Crippen LogP contribution in [0.25, 0.3) is 0 Å². The SMILES string of the molecule is CCNC(=NCC(C)Oc1ccccc1C)NCCC(=O)NC1CCS(=O)(=O)C1.I. The molecular weight excluding hydrogens is 519 g/mol. The van der Waals surface area contributed by atoms with Crippen LogP contribution in [0.3, 0.4) is 0 Å². The highest BCUT2D eigenvalue weighted by Crippen LogP contribution is 2.17. The Morgan fingerprint density at radius 3 is 2.67 bits per heavy atom. The van der Waals surface area contributed by atoms with Gasteiger partial charge in [-0.15, -0.1) is 24.0 Å². The number of guanidine groups is 1. The van der Waals surface area contributed by atoms with Crippen molar-refractivity contribution in [2.24, 2.45) is 4.99 Å². The van der Waals surface area contributed by atoms with Gasteiger partial charge in [0.05, 0.1) is 18.1 Å². The van der Waals surface area contributed by atoms with E-state index in [-0.39, 0.29) is 60.0 Å². The van der Waals surface area contributed by atoms with Crippen LogP contribution in [0.5, 0.6) is 5.75 Å². The Balaban J connectivity index is 0.00000450. The molecule has 3 N–H and O–H groups in total. The van der Waals surface area contributed by atoms with Crippen LogP contribution in [-0.2, 0) is 14.6 Å². The molecule has 1 saturated heterocycles. The van der Waals surface area contributed by atoms with E-state index in [4.69, 9.17) is 4.74 Å². The average Bonchev–Trinajstić information content (AvgIpc) is 3.00. The molecule has 1 aliphatic rings. The van der Waals surface area contributed by atoms with Crippen LogP contribution in [0.4, 0.5) is 0 Å². The number of sulfone groups is 1. The molecule has 0 bridgehead atoms. The number of nitrogens with one attached hydrogen (secondary N) is 3. The second-order valence-corrected chi connectivity index (χ2v) is 9.49. The molecular formula is C20H33IN4O4S. The number of hydrogen-bond acceptors (Lipinski definition) is 5. The van der Waals surface area contributed by atoms with Gasteiger partial charge < -0.3 is 20.7 Å². The van der Waals surface area contributed by atoms with E-state index in [1.54, 1.807) is 0 Å². The molecule has 2 rings (SSSR count). The van der Waals surface area contributed by atoms with Gasteiger partial charge in [-0.05, 0) is 38.8 Å². The molecule has 2 atom stereocenters. The maximum Gasteiger partial charge on any atom is 0.222 e. The van der Waals surface area contributed by atoms with Crippen LogP contribution in [-0.4, -0.2) is 63.6 Å². The van der Waals surface area contributed by atoms with Gasteiger partial charge in [0.25, 0.3) is 0 Å². The average molecular weight is 552 g/mol. The lowest BCUT2D eigenvalue weighted by atomic mass is 10.2. The highest BCUT2D eigenvalue weighted by molar-refractivity contribution is 14.0. The Kier molecular flexibility index (Phi) is 11.5. The van der Waals surface area contributed by atoms with E-state index in [0.717, 1.165) is 11.3 Å². The van der Waals surface area contributed by atoms with E-state index in [1.807, 2.05) is 45.0 Å². The number of para-hydroxylation sites is 1. The lowest BCUT2D eigenvalue weighted by molar-refractivity contribution is -0.121. The van der Waals surface area contributed by atoms with Crippen LogP contribution in [0.1, 0.15) is 32.3 Å². The van der Waals surface area contributed by atoms with Crippen LogP contribution < -0.4 is 20.7 Å². The van der Waals surface area contributed by atoms with Crippen molar-refractivity contribution in [3.05, 3.63) is 29.8 Å². The first-order chi connectivity index (χ1) is 13.8. The van der Waals surface area contributed by atoms with Gasteiger partial charge in [-0.2, -0.15) is 0 Å². The lowest BCUT2D eigenvalue weighted by Crippen LogP contribution is -2.41. The van der Waals surface area contributed by atoms with Crippen molar-refractivity contribution in [1.29, 1.82) is 0 Å². The Morgan fingerprint density at radius 1 is 1.30 bits per heavy atom. The molecule has 1 aromatic rings. The maximum absolute atomic E-state index is 12.0. The summed E-state index contributed by atoms with van der Waals surface area (Å²) in [6.45, 7) is 7.51. The first-order valence-corrected chi connectivity index (χ1v) is 11.9. The van der Waals surface area contributed by atoms with E-state index in [1.165, 1.54) is 0 Å². The van der Waals surface area contributed by atoms with Crippen molar-refractivity contribution in [2.75, 3.05) is 31.1 Å². The van der Waals surface area contributed by atoms with E-state index in [0.29, 0.717) is 32.0 Å². The van der Waals surface area contributed by atoms with Gasteiger partial charge in [-0.25, -0.2) is 13.4 Å². The van der Waals surface area contributed by atoms with E-state index in [2.05, 4.69) is 20.9 Å². The number of hydrogen-bond donors (Lipinski definition) is 3. The Morgan fingerprint density at radius 2 is 2.03 bits per heavy atom. The normalized spacial score (nSPS) is 18.8. The van der Waals surface area contributed by atoms with Crippen molar-refractivity contribution < 1.29 is 17.9 Å². The third-order valence-electron chi connectivity index (χ3n) is 4.51. The molecule has 0 spiro atoms. The fourth-order valence-electron chi connectivity index (χ4n) is 3.01. The predicted molar refractivity (Wildman–Crippen MR) is 130 cm³/mol. The number of rotatable bonds is 9. The molecule has 0 aliphatic carbocycles. The zero-order valence-corrected chi connectivity index (χ0v) is 21.0. The topological polar surface area (TPSA) is 109 Å². The highest BCUT2D eigenvalue weighted by Gasteiger charge is 2.28. The lowest BCUT2D eigenvalue weighted by Gasteiger charge is -2.16. The number of carbonyl (C=O) groups excluding carboxylic acids is 1. The molecule has 0 aromatic heterocycles. The van der Waals surface area contributed by atoms with Crippen LogP contribution in [0, 0.1) is 6.92 Å². The first kappa shape index (κ1) is 26.5. The number of halogens is 1. The summed E-state index contributed by atoms with van der Waals surface area (Å²) in [4.78, 5) is 16.5. The van der Waals surface area contributed by atoms with Crippen LogP contribution in [0.2, 0.25) is 0 Å². The van der Waals surface area contributed by atoms with Gasteiger partial charge in [0.1, 0.15) is 11.9 Å². The molecule has 1 fully saturated rings. The van der Waals surface area contributed by atoms with E-state index in [9.17, 15) is 13.2 Å². The Hall–Kier alpha value is -1.56. The van der Waals surface area contributed by atoms with E-state index < -0.39 is 9.84 Å². The quantitative estimate of drug-likeness (QED) is 0.244. The predicted octanol–water partition coefficient (Wildman–Crippen LogP) is 1.63. The number of ether oxygens (including phenoxy) is 1. The number of amides is 1. The van der Waals surface area contributed by atoms with Crippen molar-refractivity contribution >= 4 is 45.7 Å². The third kappa shape index (κ3) is 9.50. The summed E-state index contributed by atoms with van der Waals surface area (Å²) in [6, 6.07) is 7.58. The molecule has 30 heavy (non-hydrogen) atoms. The van der Waals surface area contributed by atoms with Gasteiger partial charge in [0, 0.05) is 25.6 Å². The maximum atomic E-state index is 12.0. The highest BCUT2D eigenvalue weighted by atomic mass is 127. The standard InChI is InChI=1S/C20H32N4O4S.HI/c1-4-21-20(23-13-16(3)28-18-8-6-5-7-15(18)2)22-11-9-19(25)24-17-10-12-29(26,27)14-17;/h5-8,16-17H,4,9-14H2,1-3H3,(H,24,25)(H2,21,22,23);1H. The van der Waals surface area contributed by atoms with Crippen molar-refractivity contribution in [1.82, 2.24) is 16.0 Å². The number of carbonyl (C=O) groups is 1. The first-order valence-electron chi connectivity index (χ1n) is 10.0. The Labute approximate surface area is 196 Å². The molecule has 1 aromatic carbocycles. The second-order valence-electron chi connectivity index (χ2n) is 7.26. The van der Waals surface area contributed by atoms with Gasteiger partial charge in [-0.1, -0.05) is 18.2 Å². The molecule has 170 valence electrons. The molecule has 10 heteroatoms. The number of aryl methyl sites for hydroxylation is 1. The summed E-state index contributed by atoms with van der Waals surface area (Å²) in [7, 11) is -2.99. The number of aliphatic imine (C=N–C) groups is 1. The zero-order chi connectivity index (χ0) is 21.3. The summed E-state index contributed by atoms with van der Waals surface area (Å²) in [6.07, 6.45) is 0.639. The monoisotopic (exact) mass is 552 g/mol. The van der Waals surface area contributed by atoms with Crippen LogP contribution in [0.15, 0.2) is 29.3 Å². The minimum atomic E-state index is -2.99. The third-order valence-corrected chi connectivity index (χ3v) is 6.28. The van der Waals surface area contributed by atoms with Gasteiger partial charge >= 0.3 is 0 Å². The van der Waals surface area contributed by atoms with Gasteiger partial charge in [-0.3, -0.25) is 4.79 Å². The minimum Gasteiger partial charge on any atom is -0.489 e. The molecule has 0 radical (unpaired) electrons. The molecule has 1 heterocycles. The summed E-state index contributed by atoms with van der Waals surface area (Å²) in [5.74, 6) is 1.49. The zero-order valence-electron chi connectivity index (χ0n) is 17.8. The fourth-order valence-corrected chi connectivity index (χ4v) is 4.68. The smallest absolute Gasteiger partial charge is 0.222 e. The molecule has 2 unspecified atom stereocenters. The summed E-state index contributed by atoms with van der Waals surface area (Å²) < 4.78 is 28.9. The summed E-state index contributed by atoms with van der Waals surface area (Å²) in [5, 5.41) is 9.06. The summed E-state index contributed by atoms with van der Waals surface area (Å²) >= 11 is 0. The summed E-state index contributed by atoms with van der Waals surface area (Å²) in [5.41, 5.74) is 1.08.